The van der Waals surface area contributed by atoms with Crippen molar-refractivity contribution in [1.82, 2.24) is 9.55 Å². The van der Waals surface area contributed by atoms with Gasteiger partial charge >= 0.3 is 0 Å². The minimum atomic E-state index is 0.527. The van der Waals surface area contributed by atoms with Gasteiger partial charge in [0.15, 0.2) is 0 Å². The first-order valence-corrected chi connectivity index (χ1v) is 6.94. The van der Waals surface area contributed by atoms with Gasteiger partial charge in [-0.1, -0.05) is 0 Å². The molecule has 0 amide bonds. The number of aromatic nitrogens is 2. The second kappa shape index (κ2) is 3.98. The van der Waals surface area contributed by atoms with Gasteiger partial charge in [-0.2, -0.15) is 0 Å². The zero-order valence-corrected chi connectivity index (χ0v) is 11.1. The summed E-state index contributed by atoms with van der Waals surface area (Å²) in [5.74, 6) is 1.02. The Morgan fingerprint density at radius 1 is 1.50 bits per heavy atom. The van der Waals surface area contributed by atoms with E-state index >= 15 is 0 Å². The molecule has 2 N–H and O–H groups in total. The van der Waals surface area contributed by atoms with E-state index in [1.54, 1.807) is 11.3 Å². The Balaban J connectivity index is 2.14. The van der Waals surface area contributed by atoms with Crippen LogP contribution >= 0.6 is 27.3 Å². The fourth-order valence-electron chi connectivity index (χ4n) is 2.25. The number of rotatable bonds is 2. The molecule has 3 nitrogen and oxygen atoms in total. The predicted molar refractivity (Wildman–Crippen MR) is 69.5 cm³/mol. The van der Waals surface area contributed by atoms with E-state index in [2.05, 4.69) is 37.6 Å². The van der Waals surface area contributed by atoms with Crippen molar-refractivity contribution in [2.75, 3.05) is 0 Å². The summed E-state index contributed by atoms with van der Waals surface area (Å²) in [7, 11) is 0. The molecule has 0 aromatic carbocycles. The Bertz CT molecular complexity index is 529. The highest BCUT2D eigenvalue weighted by atomic mass is 79.9. The predicted octanol–water partition coefficient (Wildman–Crippen LogP) is 2.78. The summed E-state index contributed by atoms with van der Waals surface area (Å²) in [5.41, 5.74) is 8.22. The molecule has 2 aromatic rings. The van der Waals surface area contributed by atoms with Crippen molar-refractivity contribution >= 4 is 27.3 Å². The maximum absolute atomic E-state index is 5.73. The molecule has 1 aliphatic rings. The quantitative estimate of drug-likeness (QED) is 0.926. The third kappa shape index (κ3) is 1.54. The number of halogens is 1. The Hall–Kier alpha value is -0.650. The molecule has 3 heterocycles. The lowest BCUT2D eigenvalue weighted by molar-refractivity contribution is 0.689. The Kier molecular flexibility index (Phi) is 2.61. The van der Waals surface area contributed by atoms with Crippen molar-refractivity contribution in [3.05, 3.63) is 27.4 Å². The van der Waals surface area contributed by atoms with Crippen LogP contribution in [-0.4, -0.2) is 9.55 Å². The van der Waals surface area contributed by atoms with Crippen molar-refractivity contribution in [2.45, 2.75) is 25.9 Å². The van der Waals surface area contributed by atoms with Crippen LogP contribution in [0.25, 0.3) is 10.6 Å². The maximum Gasteiger partial charge on any atom is 0.123 e. The van der Waals surface area contributed by atoms with Crippen molar-refractivity contribution in [1.29, 1.82) is 0 Å². The highest BCUT2D eigenvalue weighted by Crippen LogP contribution is 2.35. The normalized spacial score (nSPS) is 14.4. The molecule has 0 saturated carbocycles. The van der Waals surface area contributed by atoms with Crippen LogP contribution in [0.5, 0.6) is 0 Å². The van der Waals surface area contributed by atoms with E-state index in [0.717, 1.165) is 28.3 Å². The van der Waals surface area contributed by atoms with Crippen LogP contribution in [0, 0.1) is 0 Å². The van der Waals surface area contributed by atoms with Gasteiger partial charge in [-0.05, 0) is 40.9 Å². The van der Waals surface area contributed by atoms with Gasteiger partial charge in [0, 0.05) is 12.2 Å². The summed E-state index contributed by atoms with van der Waals surface area (Å²) >= 11 is 5.22. The van der Waals surface area contributed by atoms with Gasteiger partial charge < -0.3 is 10.3 Å². The molecular weight excluding hydrogens is 286 g/mol. The lowest BCUT2D eigenvalue weighted by Gasteiger charge is -1.99. The molecule has 1 aliphatic heterocycles. The van der Waals surface area contributed by atoms with Gasteiger partial charge in [0.2, 0.25) is 0 Å². The minimum absolute atomic E-state index is 0.527. The molecule has 0 saturated heterocycles. The summed E-state index contributed by atoms with van der Waals surface area (Å²) < 4.78 is 3.43. The summed E-state index contributed by atoms with van der Waals surface area (Å²) in [6.45, 7) is 1.60. The van der Waals surface area contributed by atoms with Gasteiger partial charge in [-0.15, -0.1) is 11.3 Å². The average Bonchev–Trinajstić information content (AvgIpc) is 2.92. The number of nitrogens with zero attached hydrogens (tertiary/aromatic N) is 2. The summed E-state index contributed by atoms with van der Waals surface area (Å²) in [5, 5.41) is 0. The Labute approximate surface area is 106 Å². The van der Waals surface area contributed by atoms with Crippen LogP contribution < -0.4 is 5.73 Å². The van der Waals surface area contributed by atoms with E-state index in [1.165, 1.54) is 17.0 Å². The van der Waals surface area contributed by atoms with Gasteiger partial charge in [0.1, 0.15) is 11.5 Å². The van der Waals surface area contributed by atoms with Crippen LogP contribution in [0.4, 0.5) is 0 Å². The van der Waals surface area contributed by atoms with E-state index in [1.807, 2.05) is 0 Å². The van der Waals surface area contributed by atoms with Gasteiger partial charge in [0.25, 0.3) is 0 Å². The summed E-state index contributed by atoms with van der Waals surface area (Å²) in [6.07, 6.45) is 2.34. The van der Waals surface area contributed by atoms with Crippen molar-refractivity contribution in [2.24, 2.45) is 5.73 Å². The first-order chi connectivity index (χ1) is 7.79. The molecule has 0 atom stereocenters. The topological polar surface area (TPSA) is 43.8 Å². The molecule has 16 heavy (non-hydrogen) atoms. The van der Waals surface area contributed by atoms with Crippen molar-refractivity contribution in [3.63, 3.8) is 0 Å². The fraction of sp³-hybridized carbons (Fsp3) is 0.364. The second-order valence-corrected chi connectivity index (χ2v) is 6.35. The molecule has 0 radical (unpaired) electrons. The summed E-state index contributed by atoms with van der Waals surface area (Å²) in [4.78, 5) is 5.89. The molecule has 5 heteroatoms. The van der Waals surface area contributed by atoms with Crippen molar-refractivity contribution < 1.29 is 0 Å². The molecule has 0 bridgehead atoms. The van der Waals surface area contributed by atoms with E-state index in [4.69, 9.17) is 5.73 Å². The van der Waals surface area contributed by atoms with Crippen LogP contribution in [0.2, 0.25) is 0 Å². The number of thiophene rings is 1. The van der Waals surface area contributed by atoms with Crippen LogP contribution in [-0.2, 0) is 19.5 Å². The molecule has 2 aromatic heterocycles. The minimum Gasteiger partial charge on any atom is -0.330 e. The van der Waals surface area contributed by atoms with E-state index in [-0.39, 0.29) is 0 Å². The molecule has 0 spiro atoms. The molecule has 84 valence electrons. The lowest BCUT2D eigenvalue weighted by atomic mass is 10.2. The fourth-order valence-corrected chi connectivity index (χ4v) is 3.65. The smallest absolute Gasteiger partial charge is 0.123 e. The van der Waals surface area contributed by atoms with E-state index < -0.39 is 0 Å². The first kappa shape index (κ1) is 10.5. The zero-order valence-electron chi connectivity index (χ0n) is 8.74. The molecule has 0 fully saturated rings. The highest BCUT2D eigenvalue weighted by Gasteiger charge is 2.22. The van der Waals surface area contributed by atoms with Gasteiger partial charge in [-0.3, -0.25) is 0 Å². The van der Waals surface area contributed by atoms with Crippen LogP contribution in [0.1, 0.15) is 17.9 Å². The number of imidazole rings is 1. The number of fused-ring (bicyclic) bond motifs is 1. The van der Waals surface area contributed by atoms with Crippen LogP contribution in [0.15, 0.2) is 15.9 Å². The molecular formula is C11H12BrN3S. The first-order valence-electron chi connectivity index (χ1n) is 5.33. The standard InChI is InChI=1S/C11H12BrN3S/c12-9-4-3-8(16-9)11-7-2-1-5-15(7)10(6-13)14-11/h3-4H,1-2,5-6,13H2. The summed E-state index contributed by atoms with van der Waals surface area (Å²) in [6, 6.07) is 4.19. The Morgan fingerprint density at radius 3 is 3.06 bits per heavy atom. The molecule has 3 rings (SSSR count). The third-order valence-electron chi connectivity index (χ3n) is 2.94. The largest absolute Gasteiger partial charge is 0.330 e. The van der Waals surface area contributed by atoms with Gasteiger partial charge in [0.05, 0.1) is 15.2 Å². The lowest BCUT2D eigenvalue weighted by Crippen LogP contribution is -2.06. The number of nitrogens with two attached hydrogens (primary N) is 1. The molecule has 0 aliphatic carbocycles. The Morgan fingerprint density at radius 2 is 2.38 bits per heavy atom. The van der Waals surface area contributed by atoms with Crippen LogP contribution in [0.3, 0.4) is 0 Å². The average molecular weight is 298 g/mol. The third-order valence-corrected chi connectivity index (χ3v) is 4.57. The van der Waals surface area contributed by atoms with E-state index in [0.29, 0.717) is 6.54 Å². The SMILES string of the molecule is NCc1nc(-c2ccc(Br)s2)c2n1CCC2. The monoisotopic (exact) mass is 297 g/mol. The van der Waals surface area contributed by atoms with E-state index in [9.17, 15) is 0 Å². The number of hydrogen-bond donors (Lipinski definition) is 1. The number of hydrogen-bond acceptors (Lipinski definition) is 3. The second-order valence-electron chi connectivity index (χ2n) is 3.89. The highest BCUT2D eigenvalue weighted by molar-refractivity contribution is 9.11. The maximum atomic E-state index is 5.73. The van der Waals surface area contributed by atoms with Gasteiger partial charge in [-0.25, -0.2) is 4.98 Å². The zero-order chi connectivity index (χ0) is 11.1. The molecule has 0 unspecified atom stereocenters. The van der Waals surface area contributed by atoms with Crippen molar-refractivity contribution in [3.8, 4) is 10.6 Å².